The number of rotatable bonds is 4. The van der Waals surface area contributed by atoms with Gasteiger partial charge in [0.2, 0.25) is 0 Å². The first-order valence-corrected chi connectivity index (χ1v) is 8.89. The highest BCUT2D eigenvalue weighted by molar-refractivity contribution is 5.57. The van der Waals surface area contributed by atoms with Crippen LogP contribution in [-0.2, 0) is 5.60 Å². The van der Waals surface area contributed by atoms with Crippen molar-refractivity contribution in [2.24, 2.45) is 5.92 Å². The van der Waals surface area contributed by atoms with Gasteiger partial charge in [-0.3, -0.25) is 0 Å². The van der Waals surface area contributed by atoms with E-state index in [1.54, 1.807) is 6.07 Å². The third kappa shape index (κ3) is 3.83. The molecule has 1 aliphatic carbocycles. The van der Waals surface area contributed by atoms with Crippen LogP contribution < -0.4 is 0 Å². The molecule has 0 bridgehead atoms. The van der Waals surface area contributed by atoms with Crippen LogP contribution in [0.4, 0.5) is 4.39 Å². The second kappa shape index (κ2) is 7.51. The summed E-state index contributed by atoms with van der Waals surface area (Å²) in [5.74, 6) is -0.271. The molecule has 3 heteroatoms. The number of hydrogen-bond donors (Lipinski definition) is 1. The fourth-order valence-corrected chi connectivity index (χ4v) is 3.94. The number of benzene rings is 2. The molecule has 1 saturated carbocycles. The first kappa shape index (κ1) is 17.8. The number of aliphatic hydroxyl groups is 1. The topological polar surface area (TPSA) is 23.5 Å². The monoisotopic (exact) mass is 339 g/mol. The third-order valence-corrected chi connectivity index (χ3v) is 5.07. The van der Waals surface area contributed by atoms with Gasteiger partial charge in [-0.25, -0.2) is 4.39 Å². The molecule has 2 nitrogen and oxygen atoms in total. The summed E-state index contributed by atoms with van der Waals surface area (Å²) < 4.78 is 13.9. The van der Waals surface area contributed by atoms with Crippen molar-refractivity contribution in [2.75, 3.05) is 20.6 Å². The minimum Gasteiger partial charge on any atom is -0.380 e. The zero-order chi connectivity index (χ0) is 17.9. The van der Waals surface area contributed by atoms with Gasteiger partial charge >= 0.3 is 0 Å². The van der Waals surface area contributed by atoms with Crippen molar-refractivity contribution in [3.05, 3.63) is 77.1 Å². The van der Waals surface area contributed by atoms with Gasteiger partial charge in [0.05, 0.1) is 0 Å². The molecular formula is C22H26FNO. The zero-order valence-electron chi connectivity index (χ0n) is 15.0. The first-order chi connectivity index (χ1) is 12.0. The quantitative estimate of drug-likeness (QED) is 0.889. The van der Waals surface area contributed by atoms with Gasteiger partial charge < -0.3 is 10.0 Å². The van der Waals surface area contributed by atoms with E-state index in [1.165, 1.54) is 12.1 Å². The SMILES string of the molecule is CN(C)CC1CCCC(=Cc2ccccc2)C1(O)c1cccc(F)c1. The molecule has 1 aliphatic rings. The van der Waals surface area contributed by atoms with Crippen molar-refractivity contribution < 1.29 is 9.50 Å². The lowest BCUT2D eigenvalue weighted by Crippen LogP contribution is -2.44. The first-order valence-electron chi connectivity index (χ1n) is 8.89. The summed E-state index contributed by atoms with van der Waals surface area (Å²) in [4.78, 5) is 2.10. The van der Waals surface area contributed by atoms with E-state index in [0.29, 0.717) is 5.56 Å². The Kier molecular flexibility index (Phi) is 5.36. The van der Waals surface area contributed by atoms with Crippen LogP contribution in [0.5, 0.6) is 0 Å². The molecule has 2 atom stereocenters. The molecule has 1 fully saturated rings. The Hall–Kier alpha value is -1.97. The zero-order valence-corrected chi connectivity index (χ0v) is 15.0. The summed E-state index contributed by atoms with van der Waals surface area (Å²) in [5.41, 5.74) is 1.56. The van der Waals surface area contributed by atoms with E-state index in [0.717, 1.165) is 36.9 Å². The second-order valence-electron chi connectivity index (χ2n) is 7.21. The third-order valence-electron chi connectivity index (χ3n) is 5.07. The maximum Gasteiger partial charge on any atom is 0.123 e. The van der Waals surface area contributed by atoms with Gasteiger partial charge in [0.25, 0.3) is 0 Å². The van der Waals surface area contributed by atoms with Gasteiger partial charge in [-0.2, -0.15) is 0 Å². The highest BCUT2D eigenvalue weighted by atomic mass is 19.1. The number of halogens is 1. The molecule has 0 aliphatic heterocycles. The Morgan fingerprint density at radius 1 is 1.16 bits per heavy atom. The second-order valence-corrected chi connectivity index (χ2v) is 7.21. The van der Waals surface area contributed by atoms with Crippen LogP contribution in [0.15, 0.2) is 60.2 Å². The van der Waals surface area contributed by atoms with E-state index in [2.05, 4.69) is 11.0 Å². The Morgan fingerprint density at radius 3 is 2.60 bits per heavy atom. The van der Waals surface area contributed by atoms with Crippen molar-refractivity contribution in [3.8, 4) is 0 Å². The van der Waals surface area contributed by atoms with Crippen LogP contribution >= 0.6 is 0 Å². The van der Waals surface area contributed by atoms with Gasteiger partial charge in [0, 0.05) is 12.5 Å². The maximum absolute atomic E-state index is 13.9. The molecule has 0 radical (unpaired) electrons. The molecule has 0 spiro atoms. The molecule has 0 saturated heterocycles. The highest BCUT2D eigenvalue weighted by Crippen LogP contribution is 2.46. The lowest BCUT2D eigenvalue weighted by molar-refractivity contribution is -0.0176. The molecule has 0 aromatic heterocycles. The molecule has 3 rings (SSSR count). The van der Waals surface area contributed by atoms with Gasteiger partial charge in [0.1, 0.15) is 11.4 Å². The molecule has 0 amide bonds. The Labute approximate surface area is 149 Å². The molecule has 2 aromatic rings. The van der Waals surface area contributed by atoms with Crippen LogP contribution in [-0.4, -0.2) is 30.6 Å². The summed E-state index contributed by atoms with van der Waals surface area (Å²) in [5, 5.41) is 11.8. The van der Waals surface area contributed by atoms with Gasteiger partial charge in [0.15, 0.2) is 0 Å². The van der Waals surface area contributed by atoms with Crippen molar-refractivity contribution in [3.63, 3.8) is 0 Å². The van der Waals surface area contributed by atoms with E-state index < -0.39 is 5.60 Å². The molecular weight excluding hydrogens is 313 g/mol. The average Bonchev–Trinajstić information content (AvgIpc) is 2.59. The molecule has 2 aromatic carbocycles. The molecule has 25 heavy (non-hydrogen) atoms. The highest BCUT2D eigenvalue weighted by Gasteiger charge is 2.44. The lowest BCUT2D eigenvalue weighted by atomic mass is 9.67. The van der Waals surface area contributed by atoms with Crippen molar-refractivity contribution in [1.82, 2.24) is 4.90 Å². The molecule has 2 unspecified atom stereocenters. The summed E-state index contributed by atoms with van der Waals surface area (Å²) in [6.07, 6.45) is 4.87. The largest absolute Gasteiger partial charge is 0.380 e. The number of hydrogen-bond acceptors (Lipinski definition) is 2. The van der Waals surface area contributed by atoms with Gasteiger partial charge in [-0.15, -0.1) is 0 Å². The Bertz CT molecular complexity index is 741. The van der Waals surface area contributed by atoms with E-state index in [1.807, 2.05) is 50.5 Å². The predicted molar refractivity (Wildman–Crippen MR) is 101 cm³/mol. The normalized spacial score (nSPS) is 25.5. The fraction of sp³-hybridized carbons (Fsp3) is 0.364. The van der Waals surface area contributed by atoms with Crippen LogP contribution in [0.3, 0.4) is 0 Å². The van der Waals surface area contributed by atoms with Crippen LogP contribution in [0.2, 0.25) is 0 Å². The standard InChI is InChI=1S/C22H26FNO/c1-24(2)16-20-12-6-10-18(14-17-8-4-3-5-9-17)22(20,25)19-11-7-13-21(23)15-19/h3-5,7-9,11,13-15,20,25H,6,10,12,16H2,1-2H3. The average molecular weight is 339 g/mol. The molecule has 1 N–H and O–H groups in total. The van der Waals surface area contributed by atoms with E-state index >= 15 is 0 Å². The van der Waals surface area contributed by atoms with Crippen LogP contribution in [0.25, 0.3) is 6.08 Å². The van der Waals surface area contributed by atoms with Crippen LogP contribution in [0, 0.1) is 11.7 Å². The number of nitrogens with zero attached hydrogens (tertiary/aromatic N) is 1. The smallest absolute Gasteiger partial charge is 0.123 e. The molecule has 0 heterocycles. The summed E-state index contributed by atoms with van der Waals surface area (Å²) in [6, 6.07) is 16.5. The van der Waals surface area contributed by atoms with Crippen molar-refractivity contribution >= 4 is 6.08 Å². The van der Waals surface area contributed by atoms with Gasteiger partial charge in [-0.05, 0) is 62.2 Å². The minimum atomic E-state index is -1.14. The fourth-order valence-electron chi connectivity index (χ4n) is 3.94. The van der Waals surface area contributed by atoms with E-state index in [9.17, 15) is 9.50 Å². The van der Waals surface area contributed by atoms with Crippen molar-refractivity contribution in [2.45, 2.75) is 24.9 Å². The molecule has 132 valence electrons. The van der Waals surface area contributed by atoms with Crippen LogP contribution in [0.1, 0.15) is 30.4 Å². The van der Waals surface area contributed by atoms with Crippen molar-refractivity contribution in [1.29, 1.82) is 0 Å². The predicted octanol–water partition coefficient (Wildman–Crippen LogP) is 4.46. The van der Waals surface area contributed by atoms with Gasteiger partial charge in [-0.1, -0.05) is 48.5 Å². The maximum atomic E-state index is 13.9. The summed E-state index contributed by atoms with van der Waals surface area (Å²) in [6.45, 7) is 0.763. The summed E-state index contributed by atoms with van der Waals surface area (Å²) in [7, 11) is 4.03. The summed E-state index contributed by atoms with van der Waals surface area (Å²) >= 11 is 0. The Morgan fingerprint density at radius 2 is 1.92 bits per heavy atom. The lowest BCUT2D eigenvalue weighted by Gasteiger charge is -2.44. The van der Waals surface area contributed by atoms with E-state index in [4.69, 9.17) is 0 Å². The Balaban J connectivity index is 2.10. The van der Waals surface area contributed by atoms with E-state index in [-0.39, 0.29) is 11.7 Å². The minimum absolute atomic E-state index is 0.0352.